The van der Waals surface area contributed by atoms with Crippen LogP contribution in [0, 0.1) is 25.7 Å². The van der Waals surface area contributed by atoms with Crippen molar-refractivity contribution in [1.29, 1.82) is 0 Å². The van der Waals surface area contributed by atoms with E-state index < -0.39 is 23.7 Å². The third-order valence-electron chi connectivity index (χ3n) is 3.07. The molecule has 1 aliphatic rings. The summed E-state index contributed by atoms with van der Waals surface area (Å²) in [6, 6.07) is 0. The molecule has 0 bridgehead atoms. The van der Waals surface area contributed by atoms with Crippen LogP contribution in [-0.4, -0.2) is 22.0 Å². The monoisotopic (exact) mass is 229 g/mol. The van der Waals surface area contributed by atoms with Gasteiger partial charge in [-0.3, -0.25) is 9.89 Å². The highest BCUT2D eigenvalue weighted by Crippen LogP contribution is 2.55. The molecule has 2 atom stereocenters. The molecule has 0 spiro atoms. The lowest BCUT2D eigenvalue weighted by Gasteiger charge is -2.03. The first kappa shape index (κ1) is 11.0. The SMILES string of the molecule is Cc1n[nH]c(C)c1NC(=O)[C@H]1[C@H](C)C1(F)F. The lowest BCUT2D eigenvalue weighted by Crippen LogP contribution is -2.18. The van der Waals surface area contributed by atoms with E-state index in [4.69, 9.17) is 0 Å². The smallest absolute Gasteiger partial charge is 0.263 e. The zero-order chi connectivity index (χ0) is 12.1. The largest absolute Gasteiger partial charge is 0.323 e. The van der Waals surface area contributed by atoms with Gasteiger partial charge >= 0.3 is 0 Å². The summed E-state index contributed by atoms with van der Waals surface area (Å²) in [7, 11) is 0. The zero-order valence-corrected chi connectivity index (χ0v) is 9.27. The number of nitrogens with zero attached hydrogens (tertiary/aromatic N) is 1. The number of carbonyl (C=O) groups excluding carboxylic acids is 1. The van der Waals surface area contributed by atoms with Gasteiger partial charge in [0.2, 0.25) is 5.91 Å². The van der Waals surface area contributed by atoms with Crippen LogP contribution in [0.15, 0.2) is 0 Å². The third-order valence-corrected chi connectivity index (χ3v) is 3.07. The molecule has 1 saturated carbocycles. The Morgan fingerprint density at radius 3 is 2.44 bits per heavy atom. The number of aryl methyl sites for hydroxylation is 2. The van der Waals surface area contributed by atoms with Crippen molar-refractivity contribution in [2.75, 3.05) is 5.32 Å². The number of amides is 1. The molecule has 0 radical (unpaired) electrons. The van der Waals surface area contributed by atoms with Gasteiger partial charge in [-0.15, -0.1) is 0 Å². The lowest BCUT2D eigenvalue weighted by atomic mass is 10.2. The van der Waals surface area contributed by atoms with E-state index in [0.717, 1.165) is 0 Å². The first-order chi connectivity index (χ1) is 7.35. The number of alkyl halides is 2. The average Bonchev–Trinajstić information content (AvgIpc) is 2.53. The van der Waals surface area contributed by atoms with Crippen molar-refractivity contribution in [3.63, 3.8) is 0 Å². The summed E-state index contributed by atoms with van der Waals surface area (Å²) in [5.41, 5.74) is 1.77. The molecule has 1 aromatic rings. The Kier molecular flexibility index (Phi) is 2.25. The first-order valence-electron chi connectivity index (χ1n) is 5.06. The van der Waals surface area contributed by atoms with Crippen LogP contribution in [0.25, 0.3) is 0 Å². The zero-order valence-electron chi connectivity index (χ0n) is 9.27. The van der Waals surface area contributed by atoms with Crippen LogP contribution in [0.4, 0.5) is 14.5 Å². The number of aromatic amines is 1. The molecule has 1 heterocycles. The molecule has 4 nitrogen and oxygen atoms in total. The molecule has 2 N–H and O–H groups in total. The van der Waals surface area contributed by atoms with E-state index in [0.29, 0.717) is 17.1 Å². The minimum absolute atomic E-state index is 0.500. The number of rotatable bonds is 2. The molecule has 6 heteroatoms. The van der Waals surface area contributed by atoms with Crippen LogP contribution in [-0.2, 0) is 4.79 Å². The first-order valence-corrected chi connectivity index (χ1v) is 5.06. The van der Waals surface area contributed by atoms with Gasteiger partial charge in [0, 0.05) is 5.92 Å². The molecule has 0 unspecified atom stereocenters. The minimum Gasteiger partial charge on any atom is -0.323 e. The molecule has 1 aliphatic carbocycles. The van der Waals surface area contributed by atoms with Crippen molar-refractivity contribution in [2.24, 2.45) is 11.8 Å². The highest BCUT2D eigenvalue weighted by molar-refractivity contribution is 5.96. The van der Waals surface area contributed by atoms with E-state index in [-0.39, 0.29) is 0 Å². The quantitative estimate of drug-likeness (QED) is 0.813. The van der Waals surface area contributed by atoms with Crippen molar-refractivity contribution in [2.45, 2.75) is 26.7 Å². The van der Waals surface area contributed by atoms with Crippen LogP contribution >= 0.6 is 0 Å². The second-order valence-corrected chi connectivity index (χ2v) is 4.24. The fourth-order valence-electron chi connectivity index (χ4n) is 1.82. The van der Waals surface area contributed by atoms with Crippen LogP contribution in [0.3, 0.4) is 0 Å². The van der Waals surface area contributed by atoms with Gasteiger partial charge in [0.1, 0.15) is 5.92 Å². The molecule has 0 aromatic carbocycles. The second-order valence-electron chi connectivity index (χ2n) is 4.24. The van der Waals surface area contributed by atoms with Gasteiger partial charge in [0.15, 0.2) is 0 Å². The predicted octanol–water partition coefficient (Wildman–Crippen LogP) is 1.87. The number of halogens is 2. The molecular weight excluding hydrogens is 216 g/mol. The molecule has 0 saturated heterocycles. The molecule has 1 aromatic heterocycles. The van der Waals surface area contributed by atoms with Crippen molar-refractivity contribution in [3.05, 3.63) is 11.4 Å². The number of hydrogen-bond donors (Lipinski definition) is 2. The highest BCUT2D eigenvalue weighted by Gasteiger charge is 2.69. The average molecular weight is 229 g/mol. The maximum atomic E-state index is 13.0. The number of aromatic nitrogens is 2. The minimum atomic E-state index is -2.87. The Morgan fingerprint density at radius 2 is 2.06 bits per heavy atom. The van der Waals surface area contributed by atoms with Crippen LogP contribution < -0.4 is 5.32 Å². The standard InChI is InChI=1S/C10H13F2N3O/c1-4-7(10(4,11)12)9(16)13-8-5(2)14-15-6(8)3/h4,7H,1-3H3,(H,13,16)(H,14,15)/t4-,7+/m0/s1. The van der Waals surface area contributed by atoms with Crippen LogP contribution in [0.5, 0.6) is 0 Å². The fourth-order valence-corrected chi connectivity index (χ4v) is 1.82. The topological polar surface area (TPSA) is 57.8 Å². The van der Waals surface area contributed by atoms with Crippen molar-refractivity contribution in [1.82, 2.24) is 10.2 Å². The Labute approximate surface area is 91.4 Å². The van der Waals surface area contributed by atoms with E-state index in [2.05, 4.69) is 15.5 Å². The fraction of sp³-hybridized carbons (Fsp3) is 0.600. The molecule has 88 valence electrons. The molecule has 0 aliphatic heterocycles. The predicted molar refractivity (Wildman–Crippen MR) is 54.3 cm³/mol. The molecule has 1 fully saturated rings. The number of nitrogens with one attached hydrogen (secondary N) is 2. The van der Waals surface area contributed by atoms with E-state index in [1.54, 1.807) is 13.8 Å². The van der Waals surface area contributed by atoms with Gasteiger partial charge in [0.05, 0.1) is 17.1 Å². The van der Waals surface area contributed by atoms with Crippen molar-refractivity contribution < 1.29 is 13.6 Å². The maximum absolute atomic E-state index is 13.0. The summed E-state index contributed by atoms with van der Waals surface area (Å²) in [6.45, 7) is 4.80. The number of hydrogen-bond acceptors (Lipinski definition) is 2. The van der Waals surface area contributed by atoms with Gasteiger partial charge in [0.25, 0.3) is 5.92 Å². The summed E-state index contributed by atoms with van der Waals surface area (Å²) in [4.78, 5) is 11.6. The van der Waals surface area contributed by atoms with Crippen LogP contribution in [0.1, 0.15) is 18.3 Å². The van der Waals surface area contributed by atoms with Gasteiger partial charge in [-0.1, -0.05) is 6.92 Å². The third kappa shape index (κ3) is 1.48. The van der Waals surface area contributed by atoms with Gasteiger partial charge in [-0.05, 0) is 13.8 Å². The Hall–Kier alpha value is -1.46. The summed E-state index contributed by atoms with van der Waals surface area (Å²) in [5, 5.41) is 9.05. The van der Waals surface area contributed by atoms with Crippen LogP contribution in [0.2, 0.25) is 0 Å². The molecule has 16 heavy (non-hydrogen) atoms. The normalized spacial score (nSPS) is 26.6. The Bertz CT molecular complexity index is 422. The second kappa shape index (κ2) is 3.26. The molecule has 2 rings (SSSR count). The number of carbonyl (C=O) groups is 1. The Morgan fingerprint density at radius 1 is 1.50 bits per heavy atom. The van der Waals surface area contributed by atoms with Gasteiger partial charge in [-0.25, -0.2) is 8.78 Å². The number of anilines is 1. The lowest BCUT2D eigenvalue weighted by molar-refractivity contribution is -0.119. The summed E-state index contributed by atoms with van der Waals surface area (Å²) in [6.07, 6.45) is 0. The summed E-state index contributed by atoms with van der Waals surface area (Å²) < 4.78 is 26.0. The Balaban J connectivity index is 2.10. The van der Waals surface area contributed by atoms with E-state index in [9.17, 15) is 13.6 Å². The van der Waals surface area contributed by atoms with Gasteiger partial charge in [-0.2, -0.15) is 5.10 Å². The summed E-state index contributed by atoms with van der Waals surface area (Å²) in [5.74, 6) is -5.58. The molecular formula is C10H13F2N3O. The summed E-state index contributed by atoms with van der Waals surface area (Å²) >= 11 is 0. The maximum Gasteiger partial charge on any atom is 0.263 e. The molecule has 1 amide bonds. The van der Waals surface area contributed by atoms with Crippen molar-refractivity contribution in [3.8, 4) is 0 Å². The van der Waals surface area contributed by atoms with E-state index >= 15 is 0 Å². The number of H-pyrrole nitrogens is 1. The van der Waals surface area contributed by atoms with Crippen molar-refractivity contribution >= 4 is 11.6 Å². The van der Waals surface area contributed by atoms with E-state index in [1.807, 2.05) is 0 Å². The van der Waals surface area contributed by atoms with E-state index in [1.165, 1.54) is 6.92 Å². The highest BCUT2D eigenvalue weighted by atomic mass is 19.3. The van der Waals surface area contributed by atoms with Gasteiger partial charge < -0.3 is 5.32 Å².